The molecular weight excluding hydrogens is 329 g/mol. The van der Waals surface area contributed by atoms with Gasteiger partial charge < -0.3 is 5.32 Å². The van der Waals surface area contributed by atoms with Gasteiger partial charge in [0, 0.05) is 19.6 Å². The molecule has 1 N–H and O–H groups in total. The van der Waals surface area contributed by atoms with E-state index >= 15 is 0 Å². The van der Waals surface area contributed by atoms with Crippen LogP contribution in [0.25, 0.3) is 0 Å². The topological polar surface area (TPSA) is 73.2 Å². The summed E-state index contributed by atoms with van der Waals surface area (Å²) in [5, 5.41) is 12.1. The van der Waals surface area contributed by atoms with E-state index in [1.165, 1.54) is 10.4 Å². The zero-order valence-electron chi connectivity index (χ0n) is 11.9. The minimum absolute atomic E-state index is 0. The molecule has 1 aromatic rings. The zero-order valence-corrected chi connectivity index (χ0v) is 13.5. The number of sulfonamides is 1. The Morgan fingerprint density at radius 1 is 1.36 bits per heavy atom. The molecule has 5 nitrogen and oxygen atoms in total. The number of hydrogen-bond donors (Lipinski definition) is 1. The molecule has 1 unspecified atom stereocenters. The van der Waals surface area contributed by atoms with Gasteiger partial charge in [-0.1, -0.05) is 0 Å². The Kier molecular flexibility index (Phi) is 4.78. The Morgan fingerprint density at radius 3 is 2.77 bits per heavy atom. The van der Waals surface area contributed by atoms with Gasteiger partial charge in [0.15, 0.2) is 0 Å². The fourth-order valence-corrected chi connectivity index (χ4v) is 4.72. The highest BCUT2D eigenvalue weighted by molar-refractivity contribution is 7.89. The molecule has 2 aliphatic heterocycles. The van der Waals surface area contributed by atoms with Crippen LogP contribution in [0.4, 0.5) is 4.39 Å². The number of nitriles is 1. The van der Waals surface area contributed by atoms with Crippen LogP contribution in [0.2, 0.25) is 0 Å². The summed E-state index contributed by atoms with van der Waals surface area (Å²) in [6.07, 6.45) is 1.82. The number of hydrogen-bond acceptors (Lipinski definition) is 4. The largest absolute Gasteiger partial charge is 0.316 e. The maximum atomic E-state index is 13.3. The van der Waals surface area contributed by atoms with Gasteiger partial charge in [-0.2, -0.15) is 9.57 Å². The molecule has 0 amide bonds. The lowest BCUT2D eigenvalue weighted by molar-refractivity contribution is 0.338. The third kappa shape index (κ3) is 2.84. The molecular formula is C14H17ClFN3O2S. The van der Waals surface area contributed by atoms with Crippen molar-refractivity contribution >= 4 is 22.4 Å². The Morgan fingerprint density at radius 2 is 2.14 bits per heavy atom. The van der Waals surface area contributed by atoms with Crippen LogP contribution in [0.1, 0.15) is 18.4 Å². The molecule has 0 aromatic heterocycles. The fourth-order valence-electron chi connectivity index (χ4n) is 3.14. The van der Waals surface area contributed by atoms with Gasteiger partial charge in [0.1, 0.15) is 11.9 Å². The molecule has 0 radical (unpaired) electrons. The van der Waals surface area contributed by atoms with Gasteiger partial charge in [-0.05, 0) is 43.0 Å². The van der Waals surface area contributed by atoms with Crippen molar-refractivity contribution in [2.24, 2.45) is 5.41 Å². The van der Waals surface area contributed by atoms with Crippen LogP contribution in [-0.4, -0.2) is 38.9 Å². The van der Waals surface area contributed by atoms with Crippen molar-refractivity contribution in [3.8, 4) is 6.07 Å². The van der Waals surface area contributed by atoms with Crippen molar-refractivity contribution in [1.82, 2.24) is 9.62 Å². The quantitative estimate of drug-likeness (QED) is 0.881. The minimum atomic E-state index is -3.66. The first-order valence-corrected chi connectivity index (χ1v) is 8.31. The van der Waals surface area contributed by atoms with Crippen LogP contribution in [-0.2, 0) is 10.0 Å². The number of rotatable bonds is 2. The second-order valence-corrected chi connectivity index (χ2v) is 7.71. The maximum absolute atomic E-state index is 13.3. The standard InChI is InChI=1S/C14H16FN3O2S.ClH/c15-13-2-1-12(7-11(13)8-16)21(19,20)18-6-4-14(10-18)3-5-17-9-14;/h1-2,7,17H,3-6,9-10H2;1H. The third-order valence-corrected chi connectivity index (χ3v) is 6.27. The SMILES string of the molecule is Cl.N#Cc1cc(S(=O)(=O)N2CCC3(CCNC3)C2)ccc1F. The molecule has 0 saturated carbocycles. The summed E-state index contributed by atoms with van der Waals surface area (Å²) in [5.74, 6) is -0.700. The Balaban J connectivity index is 0.00000176. The molecule has 0 bridgehead atoms. The molecule has 2 fully saturated rings. The highest BCUT2D eigenvalue weighted by Gasteiger charge is 2.44. The molecule has 1 spiro atoms. The summed E-state index contributed by atoms with van der Waals surface area (Å²) in [6, 6.07) is 5.05. The smallest absolute Gasteiger partial charge is 0.243 e. The van der Waals surface area contributed by atoms with E-state index in [4.69, 9.17) is 5.26 Å². The maximum Gasteiger partial charge on any atom is 0.243 e. The van der Waals surface area contributed by atoms with Crippen LogP contribution in [0.3, 0.4) is 0 Å². The lowest BCUT2D eigenvalue weighted by Crippen LogP contribution is -2.33. The highest BCUT2D eigenvalue weighted by atomic mass is 35.5. The van der Waals surface area contributed by atoms with Gasteiger partial charge >= 0.3 is 0 Å². The summed E-state index contributed by atoms with van der Waals surface area (Å²) in [7, 11) is -3.66. The number of nitrogens with zero attached hydrogens (tertiary/aromatic N) is 2. The van der Waals surface area contributed by atoms with Gasteiger partial charge in [0.05, 0.1) is 10.5 Å². The van der Waals surface area contributed by atoms with Crippen molar-refractivity contribution in [2.45, 2.75) is 17.7 Å². The van der Waals surface area contributed by atoms with E-state index in [0.717, 1.165) is 38.1 Å². The number of nitrogens with one attached hydrogen (secondary N) is 1. The molecule has 8 heteroatoms. The van der Waals surface area contributed by atoms with Crippen LogP contribution in [0, 0.1) is 22.6 Å². The Labute approximate surface area is 135 Å². The van der Waals surface area contributed by atoms with Crippen LogP contribution >= 0.6 is 12.4 Å². The first kappa shape index (κ1) is 17.2. The molecule has 1 aromatic carbocycles. The normalized spacial score (nSPS) is 25.1. The second-order valence-electron chi connectivity index (χ2n) is 5.77. The summed E-state index contributed by atoms with van der Waals surface area (Å²) in [5.41, 5.74) is -0.210. The monoisotopic (exact) mass is 345 g/mol. The van der Waals surface area contributed by atoms with Crippen molar-refractivity contribution in [3.05, 3.63) is 29.6 Å². The van der Waals surface area contributed by atoms with E-state index in [-0.39, 0.29) is 28.3 Å². The number of benzene rings is 1. The molecule has 3 rings (SSSR count). The predicted molar refractivity (Wildman–Crippen MR) is 81.7 cm³/mol. The van der Waals surface area contributed by atoms with Crippen molar-refractivity contribution in [1.29, 1.82) is 5.26 Å². The van der Waals surface area contributed by atoms with Gasteiger partial charge in [-0.25, -0.2) is 12.8 Å². The van der Waals surface area contributed by atoms with Crippen molar-refractivity contribution < 1.29 is 12.8 Å². The minimum Gasteiger partial charge on any atom is -0.316 e. The molecule has 22 heavy (non-hydrogen) atoms. The van der Waals surface area contributed by atoms with E-state index in [0.29, 0.717) is 13.1 Å². The first-order chi connectivity index (χ1) is 9.97. The van der Waals surface area contributed by atoms with Crippen LogP contribution in [0.15, 0.2) is 23.1 Å². The van der Waals surface area contributed by atoms with Gasteiger partial charge in [0.2, 0.25) is 10.0 Å². The Hall–Kier alpha value is -1.20. The molecule has 2 heterocycles. The van der Waals surface area contributed by atoms with E-state index < -0.39 is 15.8 Å². The van der Waals surface area contributed by atoms with Crippen molar-refractivity contribution in [3.63, 3.8) is 0 Å². The van der Waals surface area contributed by atoms with Gasteiger partial charge in [0.25, 0.3) is 0 Å². The second kappa shape index (κ2) is 6.13. The highest BCUT2D eigenvalue weighted by Crippen LogP contribution is 2.38. The van der Waals surface area contributed by atoms with Gasteiger partial charge in [-0.15, -0.1) is 12.4 Å². The fraction of sp³-hybridized carbons (Fsp3) is 0.500. The van der Waals surface area contributed by atoms with E-state index in [1.54, 1.807) is 6.07 Å². The molecule has 0 aliphatic carbocycles. The first-order valence-electron chi connectivity index (χ1n) is 6.87. The summed E-state index contributed by atoms with van der Waals surface area (Å²) in [6.45, 7) is 2.72. The Bertz CT molecular complexity index is 711. The zero-order chi connectivity index (χ0) is 15.1. The van der Waals surface area contributed by atoms with Gasteiger partial charge in [-0.3, -0.25) is 0 Å². The summed E-state index contributed by atoms with van der Waals surface area (Å²) in [4.78, 5) is -0.0107. The number of halogens is 2. The van der Waals surface area contributed by atoms with E-state index in [2.05, 4.69) is 5.32 Å². The molecule has 1 atom stereocenters. The van der Waals surface area contributed by atoms with Crippen molar-refractivity contribution in [2.75, 3.05) is 26.2 Å². The predicted octanol–water partition coefficient (Wildman–Crippen LogP) is 1.49. The lowest BCUT2D eigenvalue weighted by Gasteiger charge is -2.22. The molecule has 2 saturated heterocycles. The van der Waals surface area contributed by atoms with Crippen LogP contribution < -0.4 is 5.32 Å². The average molecular weight is 346 g/mol. The molecule has 2 aliphatic rings. The summed E-state index contributed by atoms with van der Waals surface area (Å²) < 4.78 is 40.0. The summed E-state index contributed by atoms with van der Waals surface area (Å²) >= 11 is 0. The average Bonchev–Trinajstić information content (AvgIpc) is 3.10. The lowest BCUT2D eigenvalue weighted by atomic mass is 9.87. The van der Waals surface area contributed by atoms with E-state index in [1.807, 2.05) is 0 Å². The third-order valence-electron chi connectivity index (χ3n) is 4.43. The van der Waals surface area contributed by atoms with E-state index in [9.17, 15) is 12.8 Å². The molecule has 120 valence electrons. The van der Waals surface area contributed by atoms with Crippen LogP contribution in [0.5, 0.6) is 0 Å².